The molecular formula is C22H22N2O6. The Morgan fingerprint density at radius 2 is 1.80 bits per heavy atom. The van der Waals surface area contributed by atoms with Gasteiger partial charge >= 0.3 is 5.97 Å². The van der Waals surface area contributed by atoms with Crippen LogP contribution in [0.2, 0.25) is 0 Å². The molecule has 2 aliphatic rings. The van der Waals surface area contributed by atoms with E-state index >= 15 is 0 Å². The normalized spacial score (nSPS) is 17.1. The summed E-state index contributed by atoms with van der Waals surface area (Å²) in [6.45, 7) is 2.89. The fourth-order valence-corrected chi connectivity index (χ4v) is 3.77. The van der Waals surface area contributed by atoms with Gasteiger partial charge in [0, 0.05) is 13.1 Å². The Labute approximate surface area is 173 Å². The van der Waals surface area contributed by atoms with E-state index < -0.39 is 23.9 Å². The van der Waals surface area contributed by atoms with Gasteiger partial charge in [0.2, 0.25) is 0 Å². The molecule has 0 saturated carbocycles. The van der Waals surface area contributed by atoms with E-state index in [1.54, 1.807) is 24.0 Å². The number of furan rings is 1. The molecule has 0 N–H and O–H groups in total. The number of carbonyl (C=O) groups excluding carboxylic acids is 4. The standard InChI is InChI=1S/C22H22N2O6/c1-14(19(25)23-9-3-2-4-10-23)30-22(28)15-7-8-17-18(12-15)21(27)24(20(17)26)13-16-6-5-11-29-16/h5-8,11-12,14H,2-4,9-10,13H2,1H3/t14-/m1/s1. The predicted octanol–water partition coefficient (Wildman–Crippen LogP) is 2.63. The van der Waals surface area contributed by atoms with E-state index in [4.69, 9.17) is 9.15 Å². The number of likely N-dealkylation sites (tertiary alicyclic amines) is 1. The van der Waals surface area contributed by atoms with Crippen molar-refractivity contribution in [1.29, 1.82) is 0 Å². The summed E-state index contributed by atoms with van der Waals surface area (Å²) in [6.07, 6.45) is 3.53. The lowest BCUT2D eigenvalue weighted by molar-refractivity contribution is -0.140. The maximum absolute atomic E-state index is 12.7. The number of benzene rings is 1. The highest BCUT2D eigenvalue weighted by Crippen LogP contribution is 2.26. The minimum absolute atomic E-state index is 0.0144. The Bertz CT molecular complexity index is 991. The molecule has 1 atom stereocenters. The Morgan fingerprint density at radius 3 is 2.50 bits per heavy atom. The molecule has 8 heteroatoms. The van der Waals surface area contributed by atoms with Crippen LogP contribution in [0.15, 0.2) is 41.0 Å². The lowest BCUT2D eigenvalue weighted by atomic mass is 10.1. The molecule has 1 aromatic carbocycles. The molecule has 0 spiro atoms. The second kappa shape index (κ2) is 8.14. The van der Waals surface area contributed by atoms with Crippen LogP contribution in [0.5, 0.6) is 0 Å². The zero-order chi connectivity index (χ0) is 21.3. The number of hydrogen-bond donors (Lipinski definition) is 0. The van der Waals surface area contributed by atoms with Crippen molar-refractivity contribution >= 4 is 23.7 Å². The number of fused-ring (bicyclic) bond motifs is 1. The number of hydrogen-bond acceptors (Lipinski definition) is 6. The van der Waals surface area contributed by atoms with E-state index in [2.05, 4.69) is 0 Å². The highest BCUT2D eigenvalue weighted by atomic mass is 16.5. The number of rotatable bonds is 5. The van der Waals surface area contributed by atoms with Crippen LogP contribution in [-0.2, 0) is 16.1 Å². The van der Waals surface area contributed by atoms with Gasteiger partial charge in [-0.25, -0.2) is 4.79 Å². The van der Waals surface area contributed by atoms with E-state index in [1.807, 2.05) is 0 Å². The minimum Gasteiger partial charge on any atom is -0.467 e. The molecule has 3 heterocycles. The fourth-order valence-electron chi connectivity index (χ4n) is 3.77. The second-order valence-corrected chi connectivity index (χ2v) is 7.47. The lowest BCUT2D eigenvalue weighted by Gasteiger charge is -2.28. The Hall–Kier alpha value is -3.42. The Balaban J connectivity index is 1.46. The molecule has 1 saturated heterocycles. The zero-order valence-corrected chi connectivity index (χ0v) is 16.6. The van der Waals surface area contributed by atoms with Crippen LogP contribution in [0.1, 0.15) is 63.0 Å². The Morgan fingerprint density at radius 1 is 1.07 bits per heavy atom. The Kier molecular flexibility index (Phi) is 5.39. The average molecular weight is 410 g/mol. The first-order valence-electron chi connectivity index (χ1n) is 9.98. The summed E-state index contributed by atoms with van der Waals surface area (Å²) in [4.78, 5) is 53.1. The van der Waals surface area contributed by atoms with Crippen LogP contribution in [0.4, 0.5) is 0 Å². The van der Waals surface area contributed by atoms with Crippen molar-refractivity contribution < 1.29 is 28.3 Å². The fraction of sp³-hybridized carbons (Fsp3) is 0.364. The highest BCUT2D eigenvalue weighted by Gasteiger charge is 2.37. The number of nitrogens with zero attached hydrogens (tertiary/aromatic N) is 2. The van der Waals surface area contributed by atoms with Gasteiger partial charge < -0.3 is 14.1 Å². The number of imide groups is 1. The third-order valence-electron chi connectivity index (χ3n) is 5.40. The molecule has 1 fully saturated rings. The molecule has 8 nitrogen and oxygen atoms in total. The van der Waals surface area contributed by atoms with Crippen molar-refractivity contribution in [2.24, 2.45) is 0 Å². The molecular weight excluding hydrogens is 388 g/mol. The number of piperidine rings is 1. The monoisotopic (exact) mass is 410 g/mol. The van der Waals surface area contributed by atoms with Crippen molar-refractivity contribution in [2.75, 3.05) is 13.1 Å². The lowest BCUT2D eigenvalue weighted by Crippen LogP contribution is -2.42. The van der Waals surface area contributed by atoms with Crippen molar-refractivity contribution in [3.05, 3.63) is 59.0 Å². The van der Waals surface area contributed by atoms with Crippen molar-refractivity contribution in [1.82, 2.24) is 9.80 Å². The highest BCUT2D eigenvalue weighted by molar-refractivity contribution is 6.21. The summed E-state index contributed by atoms with van der Waals surface area (Å²) in [5.74, 6) is -1.40. The van der Waals surface area contributed by atoms with Gasteiger partial charge in [0.15, 0.2) is 6.10 Å². The van der Waals surface area contributed by atoms with Crippen LogP contribution in [0.25, 0.3) is 0 Å². The maximum Gasteiger partial charge on any atom is 0.338 e. The maximum atomic E-state index is 12.7. The van der Waals surface area contributed by atoms with Gasteiger partial charge in [-0.05, 0) is 56.5 Å². The third-order valence-corrected chi connectivity index (χ3v) is 5.40. The van der Waals surface area contributed by atoms with E-state index in [9.17, 15) is 19.2 Å². The number of amides is 3. The van der Waals surface area contributed by atoms with E-state index in [0.29, 0.717) is 18.8 Å². The molecule has 156 valence electrons. The molecule has 3 amide bonds. The van der Waals surface area contributed by atoms with Gasteiger partial charge in [-0.2, -0.15) is 0 Å². The minimum atomic E-state index is -0.920. The van der Waals surface area contributed by atoms with Gasteiger partial charge in [-0.15, -0.1) is 0 Å². The van der Waals surface area contributed by atoms with Gasteiger partial charge in [0.05, 0.1) is 29.5 Å². The van der Waals surface area contributed by atoms with E-state index in [0.717, 1.165) is 24.2 Å². The summed E-state index contributed by atoms with van der Waals surface area (Å²) < 4.78 is 10.5. The van der Waals surface area contributed by atoms with Gasteiger partial charge in [-0.3, -0.25) is 19.3 Å². The molecule has 2 aliphatic heterocycles. The van der Waals surface area contributed by atoms with Crippen LogP contribution >= 0.6 is 0 Å². The summed E-state index contributed by atoms with van der Waals surface area (Å²) in [7, 11) is 0. The van der Waals surface area contributed by atoms with E-state index in [1.165, 1.54) is 24.5 Å². The van der Waals surface area contributed by atoms with Gasteiger partial charge in [0.1, 0.15) is 5.76 Å². The van der Waals surface area contributed by atoms with Crippen molar-refractivity contribution in [3.8, 4) is 0 Å². The molecule has 4 rings (SSSR count). The number of carbonyl (C=O) groups is 4. The first kappa shape index (κ1) is 19.9. The summed E-state index contributed by atoms with van der Waals surface area (Å²) >= 11 is 0. The third kappa shape index (κ3) is 3.72. The van der Waals surface area contributed by atoms with Crippen molar-refractivity contribution in [2.45, 2.75) is 38.8 Å². The SMILES string of the molecule is C[C@@H](OC(=O)c1ccc2c(c1)C(=O)N(Cc1ccco1)C2=O)C(=O)N1CCCCC1. The quantitative estimate of drug-likeness (QED) is 0.555. The molecule has 0 unspecified atom stereocenters. The second-order valence-electron chi connectivity index (χ2n) is 7.47. The smallest absolute Gasteiger partial charge is 0.338 e. The molecule has 0 radical (unpaired) electrons. The van der Waals surface area contributed by atoms with Crippen LogP contribution in [0.3, 0.4) is 0 Å². The van der Waals surface area contributed by atoms with Crippen LogP contribution < -0.4 is 0 Å². The number of ether oxygens (including phenoxy) is 1. The first-order valence-corrected chi connectivity index (χ1v) is 9.98. The molecule has 0 bridgehead atoms. The van der Waals surface area contributed by atoms with Gasteiger partial charge in [0.25, 0.3) is 17.7 Å². The summed E-state index contributed by atoms with van der Waals surface area (Å²) in [5, 5.41) is 0. The van der Waals surface area contributed by atoms with Crippen LogP contribution in [-0.4, -0.2) is 52.7 Å². The molecule has 30 heavy (non-hydrogen) atoms. The molecule has 1 aromatic heterocycles. The van der Waals surface area contributed by atoms with Gasteiger partial charge in [-0.1, -0.05) is 0 Å². The average Bonchev–Trinajstić information content (AvgIpc) is 3.36. The molecule has 2 aromatic rings. The predicted molar refractivity (Wildman–Crippen MR) is 105 cm³/mol. The van der Waals surface area contributed by atoms with Crippen LogP contribution in [0, 0.1) is 0 Å². The zero-order valence-electron chi connectivity index (χ0n) is 16.6. The van der Waals surface area contributed by atoms with Crippen molar-refractivity contribution in [3.63, 3.8) is 0 Å². The summed E-state index contributed by atoms with van der Waals surface area (Å²) in [6, 6.07) is 7.56. The van der Waals surface area contributed by atoms with E-state index in [-0.39, 0.29) is 29.1 Å². The summed E-state index contributed by atoms with van der Waals surface area (Å²) in [5.41, 5.74) is 0.476. The molecule has 0 aliphatic carbocycles. The topological polar surface area (TPSA) is 97.1 Å². The largest absolute Gasteiger partial charge is 0.467 e. The first-order chi connectivity index (χ1) is 14.5. The number of esters is 1.